The fraction of sp³-hybridized carbons (Fsp3) is 0.667. The standard InChI is InChI=1S/C27H48N5O9P/c1-19(28-24(34)20(2)29-26(36)41-27(3,4)5)25(35)30-23-11-10-21(18-33)22(16-23)17-31(6)12-14-39-42(37,38)40-15-13-32(7,8)9/h10-11,16,19-20,33H,12-15,17-18H2,1-9H3,(H3-,28,29,30,34,35,36,37,38)/t19-,20-/m0/s1. The normalized spacial score (nSPS) is 15.0. The molecule has 0 aliphatic heterocycles. The number of ether oxygens (including phenoxy) is 1. The lowest BCUT2D eigenvalue weighted by molar-refractivity contribution is -0.870. The molecule has 1 aromatic carbocycles. The third-order valence-corrected chi connectivity index (χ3v) is 6.69. The van der Waals surface area contributed by atoms with Crippen LogP contribution in [-0.4, -0.2) is 105 Å². The van der Waals surface area contributed by atoms with Crippen LogP contribution in [0.25, 0.3) is 0 Å². The summed E-state index contributed by atoms with van der Waals surface area (Å²) >= 11 is 0. The molecule has 3 atom stereocenters. The molecular weight excluding hydrogens is 569 g/mol. The van der Waals surface area contributed by atoms with Crippen molar-refractivity contribution in [3.63, 3.8) is 0 Å². The highest BCUT2D eigenvalue weighted by Gasteiger charge is 2.24. The molecule has 15 heteroatoms. The number of aliphatic hydroxyl groups excluding tert-OH is 1. The number of benzene rings is 1. The van der Waals surface area contributed by atoms with E-state index in [1.807, 2.05) is 21.1 Å². The second-order valence-electron chi connectivity index (χ2n) is 12.1. The van der Waals surface area contributed by atoms with Crippen LogP contribution in [0, 0.1) is 0 Å². The van der Waals surface area contributed by atoms with Gasteiger partial charge in [-0.2, -0.15) is 0 Å². The van der Waals surface area contributed by atoms with E-state index in [-0.39, 0.29) is 26.4 Å². The van der Waals surface area contributed by atoms with Crippen LogP contribution in [0.2, 0.25) is 0 Å². The number of aliphatic hydroxyl groups is 1. The van der Waals surface area contributed by atoms with Crippen molar-refractivity contribution in [3.05, 3.63) is 29.3 Å². The number of alkyl carbamates (subject to hydrolysis) is 1. The lowest BCUT2D eigenvalue weighted by Gasteiger charge is -2.28. The average Bonchev–Trinajstić information content (AvgIpc) is 2.81. The Kier molecular flexibility index (Phi) is 14.5. The molecule has 0 spiro atoms. The Hall–Kier alpha value is -2.58. The monoisotopic (exact) mass is 617 g/mol. The molecule has 0 radical (unpaired) electrons. The average molecular weight is 618 g/mol. The van der Waals surface area contributed by atoms with Gasteiger partial charge in [0.2, 0.25) is 11.8 Å². The van der Waals surface area contributed by atoms with Gasteiger partial charge in [0.05, 0.1) is 34.4 Å². The zero-order valence-electron chi connectivity index (χ0n) is 26.2. The van der Waals surface area contributed by atoms with Crippen LogP contribution in [-0.2, 0) is 41.1 Å². The first-order valence-electron chi connectivity index (χ1n) is 13.6. The van der Waals surface area contributed by atoms with E-state index >= 15 is 0 Å². The lowest BCUT2D eigenvalue weighted by atomic mass is 10.1. The summed E-state index contributed by atoms with van der Waals surface area (Å²) in [5, 5.41) is 17.5. The number of carbonyl (C=O) groups is 3. The van der Waals surface area contributed by atoms with Gasteiger partial charge < -0.3 is 44.2 Å². The Balaban J connectivity index is 2.67. The quantitative estimate of drug-likeness (QED) is 0.155. The number of rotatable bonds is 16. The van der Waals surface area contributed by atoms with E-state index in [4.69, 9.17) is 13.8 Å². The summed E-state index contributed by atoms with van der Waals surface area (Å²) in [4.78, 5) is 50.9. The summed E-state index contributed by atoms with van der Waals surface area (Å²) < 4.78 is 27.5. The molecule has 42 heavy (non-hydrogen) atoms. The molecule has 0 aliphatic carbocycles. The van der Waals surface area contributed by atoms with Gasteiger partial charge in [-0.1, -0.05) is 6.07 Å². The zero-order valence-corrected chi connectivity index (χ0v) is 27.1. The van der Waals surface area contributed by atoms with Gasteiger partial charge in [0.15, 0.2) is 0 Å². The first kappa shape index (κ1) is 37.4. The maximum absolute atomic E-state index is 12.8. The second-order valence-corrected chi connectivity index (χ2v) is 13.5. The molecule has 0 bridgehead atoms. The molecular formula is C27H48N5O9P. The van der Waals surface area contributed by atoms with Gasteiger partial charge >= 0.3 is 6.09 Å². The number of phosphoric acid groups is 1. The number of nitrogens with one attached hydrogen (secondary N) is 3. The van der Waals surface area contributed by atoms with Gasteiger partial charge in [-0.15, -0.1) is 0 Å². The predicted octanol–water partition coefficient (Wildman–Crippen LogP) is 1.17. The van der Waals surface area contributed by atoms with Crippen molar-refractivity contribution in [2.75, 3.05) is 59.8 Å². The highest BCUT2D eigenvalue weighted by Crippen LogP contribution is 2.37. The number of anilines is 1. The Morgan fingerprint density at radius 2 is 1.62 bits per heavy atom. The molecule has 0 saturated heterocycles. The van der Waals surface area contributed by atoms with Crippen LogP contribution in [0.5, 0.6) is 0 Å². The maximum atomic E-state index is 12.8. The van der Waals surface area contributed by atoms with E-state index in [0.29, 0.717) is 34.4 Å². The molecule has 1 unspecified atom stereocenters. The van der Waals surface area contributed by atoms with Gasteiger partial charge in [0, 0.05) is 18.8 Å². The number of hydrogen-bond acceptors (Lipinski definition) is 10. The van der Waals surface area contributed by atoms with Gasteiger partial charge in [-0.25, -0.2) is 4.79 Å². The van der Waals surface area contributed by atoms with E-state index in [2.05, 4.69) is 16.0 Å². The van der Waals surface area contributed by atoms with E-state index in [1.54, 1.807) is 50.9 Å². The van der Waals surface area contributed by atoms with Crippen molar-refractivity contribution >= 4 is 31.4 Å². The summed E-state index contributed by atoms with van der Waals surface area (Å²) in [6.45, 7) is 8.83. The van der Waals surface area contributed by atoms with E-state index in [0.717, 1.165) is 0 Å². The molecule has 1 rings (SSSR count). The van der Waals surface area contributed by atoms with Gasteiger partial charge in [0.25, 0.3) is 7.82 Å². The molecule has 0 heterocycles. The molecule has 0 aliphatic rings. The van der Waals surface area contributed by atoms with Crippen LogP contribution in [0.4, 0.5) is 10.5 Å². The van der Waals surface area contributed by atoms with Crippen LogP contribution in [0.15, 0.2) is 18.2 Å². The number of likely N-dealkylation sites (N-methyl/N-ethyl adjacent to an activating group) is 2. The molecule has 0 fully saturated rings. The van der Waals surface area contributed by atoms with Crippen molar-refractivity contribution in [2.45, 2.75) is 65.5 Å². The first-order chi connectivity index (χ1) is 19.2. The molecule has 3 amide bonds. The number of phosphoric ester groups is 1. The minimum atomic E-state index is -4.43. The third kappa shape index (κ3) is 15.6. The molecule has 0 aromatic heterocycles. The van der Waals surface area contributed by atoms with Crippen LogP contribution in [0.3, 0.4) is 0 Å². The van der Waals surface area contributed by atoms with Crippen molar-refractivity contribution in [1.82, 2.24) is 15.5 Å². The van der Waals surface area contributed by atoms with Crippen molar-refractivity contribution < 1.29 is 47.2 Å². The Morgan fingerprint density at radius 3 is 2.19 bits per heavy atom. The number of nitrogens with zero attached hydrogens (tertiary/aromatic N) is 2. The SMILES string of the molecule is C[C@H](NC(=O)OC(C)(C)C)C(=O)N[C@@H](C)C(=O)Nc1ccc(CO)c(CN(C)CCOP(=O)([O-])OCC[N+](C)(C)C)c1. The fourth-order valence-corrected chi connectivity index (χ4v) is 4.04. The lowest BCUT2D eigenvalue weighted by Crippen LogP contribution is -2.51. The third-order valence-electron chi connectivity index (χ3n) is 5.70. The topological polar surface area (TPSA) is 179 Å². The second kappa shape index (κ2) is 16.3. The van der Waals surface area contributed by atoms with Crippen LogP contribution < -0.4 is 20.8 Å². The van der Waals surface area contributed by atoms with Crippen molar-refractivity contribution in [3.8, 4) is 0 Å². The van der Waals surface area contributed by atoms with Crippen LogP contribution >= 0.6 is 7.82 Å². The molecule has 0 saturated carbocycles. The minimum absolute atomic E-state index is 0.0167. The smallest absolute Gasteiger partial charge is 0.408 e. The summed E-state index contributed by atoms with van der Waals surface area (Å²) in [6, 6.07) is 3.12. The number of carbonyl (C=O) groups excluding carboxylic acids is 3. The number of quaternary nitrogens is 1. The molecule has 240 valence electrons. The van der Waals surface area contributed by atoms with E-state index < -0.39 is 43.4 Å². The maximum Gasteiger partial charge on any atom is 0.408 e. The largest absolute Gasteiger partial charge is 0.756 e. The van der Waals surface area contributed by atoms with Gasteiger partial charge in [-0.3, -0.25) is 19.1 Å². The molecule has 14 nitrogen and oxygen atoms in total. The highest BCUT2D eigenvalue weighted by atomic mass is 31.2. The first-order valence-corrected chi connectivity index (χ1v) is 15.1. The summed E-state index contributed by atoms with van der Waals surface area (Å²) in [5.74, 6) is -1.06. The molecule has 1 aromatic rings. The van der Waals surface area contributed by atoms with Crippen molar-refractivity contribution in [2.24, 2.45) is 0 Å². The van der Waals surface area contributed by atoms with E-state index in [1.165, 1.54) is 13.8 Å². The van der Waals surface area contributed by atoms with Crippen LogP contribution in [0.1, 0.15) is 45.7 Å². The van der Waals surface area contributed by atoms with Gasteiger partial charge in [0.1, 0.15) is 30.8 Å². The predicted molar refractivity (Wildman–Crippen MR) is 156 cm³/mol. The number of hydrogen-bond donors (Lipinski definition) is 4. The summed E-state index contributed by atoms with van der Waals surface area (Å²) in [5.41, 5.74) is 1.05. The highest BCUT2D eigenvalue weighted by molar-refractivity contribution is 7.45. The van der Waals surface area contributed by atoms with Gasteiger partial charge in [-0.05, 0) is 64.9 Å². The Labute approximate surface area is 248 Å². The number of amides is 3. The molecule has 4 N–H and O–H groups in total. The fourth-order valence-electron chi connectivity index (χ4n) is 3.35. The Morgan fingerprint density at radius 1 is 1.02 bits per heavy atom. The summed E-state index contributed by atoms with van der Waals surface area (Å²) in [7, 11) is 3.09. The van der Waals surface area contributed by atoms with E-state index in [9.17, 15) is 28.9 Å². The zero-order chi connectivity index (χ0) is 32.3. The minimum Gasteiger partial charge on any atom is -0.756 e. The summed E-state index contributed by atoms with van der Waals surface area (Å²) in [6.07, 6.45) is -0.749. The van der Waals surface area contributed by atoms with Crippen molar-refractivity contribution in [1.29, 1.82) is 0 Å². The Bertz CT molecular complexity index is 1100.